The quantitative estimate of drug-likeness (QED) is 0.877. The van der Waals surface area contributed by atoms with Crippen molar-refractivity contribution < 1.29 is 4.79 Å². The lowest BCUT2D eigenvalue weighted by atomic mass is 10.4. The molecule has 1 saturated heterocycles. The number of amides is 1. The smallest absolute Gasteiger partial charge is 0.240 e. The Morgan fingerprint density at radius 1 is 1.59 bits per heavy atom. The van der Waals surface area contributed by atoms with Gasteiger partial charge >= 0.3 is 0 Å². The van der Waals surface area contributed by atoms with Crippen LogP contribution in [0.2, 0.25) is 0 Å². The fourth-order valence-corrected chi connectivity index (χ4v) is 2.86. The van der Waals surface area contributed by atoms with Gasteiger partial charge in [0.15, 0.2) is 5.13 Å². The highest BCUT2D eigenvalue weighted by molar-refractivity contribution is 9.11. The van der Waals surface area contributed by atoms with Crippen LogP contribution in [0.3, 0.4) is 0 Å². The van der Waals surface area contributed by atoms with Gasteiger partial charge in [-0.2, -0.15) is 0 Å². The Morgan fingerprint density at radius 2 is 2.47 bits per heavy atom. The predicted molar refractivity (Wildman–Crippen MR) is 72.4 cm³/mol. The van der Waals surface area contributed by atoms with Gasteiger partial charge in [-0.3, -0.25) is 9.69 Å². The maximum absolute atomic E-state index is 11.8. The molecule has 1 aliphatic heterocycles. The van der Waals surface area contributed by atoms with E-state index >= 15 is 0 Å². The highest BCUT2D eigenvalue weighted by Crippen LogP contribution is 2.22. The summed E-state index contributed by atoms with van der Waals surface area (Å²) in [6.07, 6.45) is 2.78. The van der Waals surface area contributed by atoms with E-state index in [1.54, 1.807) is 6.20 Å². The highest BCUT2D eigenvalue weighted by Gasteiger charge is 2.13. The van der Waals surface area contributed by atoms with Crippen molar-refractivity contribution in [3.05, 3.63) is 9.98 Å². The molecule has 0 radical (unpaired) electrons. The van der Waals surface area contributed by atoms with E-state index in [0.717, 1.165) is 36.4 Å². The summed E-state index contributed by atoms with van der Waals surface area (Å²) >= 11 is 4.74. The minimum Gasteiger partial charge on any atom is -0.315 e. The molecular formula is C10H15BrN4OS. The number of rotatable bonds is 3. The molecule has 2 heterocycles. The minimum absolute atomic E-state index is 0.00810. The lowest BCUT2D eigenvalue weighted by Gasteiger charge is -2.17. The Hall–Kier alpha value is -0.500. The largest absolute Gasteiger partial charge is 0.315 e. The standard InChI is InChI=1S/C10H15BrN4OS/c11-8-6-13-10(17-8)14-9(16)7-15-4-1-2-12-3-5-15/h6,12H,1-5,7H2,(H,13,14,16). The first kappa shape index (κ1) is 12.9. The molecular weight excluding hydrogens is 304 g/mol. The molecule has 2 rings (SSSR count). The van der Waals surface area contributed by atoms with Crippen LogP contribution in [0.1, 0.15) is 6.42 Å². The second kappa shape index (κ2) is 6.44. The molecule has 0 saturated carbocycles. The molecule has 2 N–H and O–H groups in total. The van der Waals surface area contributed by atoms with E-state index < -0.39 is 0 Å². The van der Waals surface area contributed by atoms with Crippen LogP contribution in [0.15, 0.2) is 9.98 Å². The number of hydrogen-bond donors (Lipinski definition) is 2. The van der Waals surface area contributed by atoms with Crippen LogP contribution in [-0.4, -0.2) is 48.5 Å². The van der Waals surface area contributed by atoms with Crippen molar-refractivity contribution in [2.45, 2.75) is 6.42 Å². The average molecular weight is 319 g/mol. The monoisotopic (exact) mass is 318 g/mol. The molecule has 0 aliphatic carbocycles. The molecule has 0 atom stereocenters. The van der Waals surface area contributed by atoms with Crippen molar-refractivity contribution in [1.29, 1.82) is 0 Å². The summed E-state index contributed by atoms with van der Waals surface area (Å²) in [5.74, 6) is 0.00810. The number of thiazole rings is 1. The van der Waals surface area contributed by atoms with Gasteiger partial charge in [-0.05, 0) is 35.4 Å². The van der Waals surface area contributed by atoms with Gasteiger partial charge in [0, 0.05) is 13.1 Å². The van der Waals surface area contributed by atoms with Crippen molar-refractivity contribution in [2.75, 3.05) is 38.0 Å². The van der Waals surface area contributed by atoms with Crippen molar-refractivity contribution in [2.24, 2.45) is 0 Å². The third-order valence-corrected chi connectivity index (χ3v) is 3.92. The van der Waals surface area contributed by atoms with Crippen LogP contribution in [0.25, 0.3) is 0 Å². The van der Waals surface area contributed by atoms with E-state index in [2.05, 4.69) is 36.4 Å². The number of hydrogen-bond acceptors (Lipinski definition) is 5. The van der Waals surface area contributed by atoms with Gasteiger partial charge in [0.25, 0.3) is 0 Å². The molecule has 7 heteroatoms. The van der Waals surface area contributed by atoms with Crippen LogP contribution in [0.5, 0.6) is 0 Å². The van der Waals surface area contributed by atoms with E-state index in [1.165, 1.54) is 11.3 Å². The average Bonchev–Trinajstić information content (AvgIpc) is 2.53. The van der Waals surface area contributed by atoms with E-state index in [9.17, 15) is 4.79 Å². The second-order valence-electron chi connectivity index (χ2n) is 3.90. The maximum atomic E-state index is 11.8. The van der Waals surface area contributed by atoms with Gasteiger partial charge in [0.05, 0.1) is 16.5 Å². The summed E-state index contributed by atoms with van der Waals surface area (Å²) in [6, 6.07) is 0. The van der Waals surface area contributed by atoms with E-state index in [4.69, 9.17) is 0 Å². The third kappa shape index (κ3) is 4.34. The lowest BCUT2D eigenvalue weighted by molar-refractivity contribution is -0.117. The van der Waals surface area contributed by atoms with Gasteiger partial charge < -0.3 is 10.6 Å². The van der Waals surface area contributed by atoms with Gasteiger partial charge in [0.2, 0.25) is 5.91 Å². The third-order valence-electron chi connectivity index (χ3n) is 2.52. The summed E-state index contributed by atoms with van der Waals surface area (Å²) in [5, 5.41) is 6.77. The van der Waals surface area contributed by atoms with E-state index in [1.807, 2.05) is 0 Å². The van der Waals surface area contributed by atoms with Crippen LogP contribution in [0, 0.1) is 0 Å². The van der Waals surface area contributed by atoms with Gasteiger partial charge in [0.1, 0.15) is 0 Å². The highest BCUT2D eigenvalue weighted by atomic mass is 79.9. The number of carbonyl (C=O) groups is 1. The van der Waals surface area contributed by atoms with E-state index in [-0.39, 0.29) is 5.91 Å². The molecule has 1 aliphatic rings. The van der Waals surface area contributed by atoms with Crippen molar-refractivity contribution in [3.63, 3.8) is 0 Å². The minimum atomic E-state index is 0.00810. The van der Waals surface area contributed by atoms with Gasteiger partial charge in [-0.15, -0.1) is 0 Å². The summed E-state index contributed by atoms with van der Waals surface area (Å²) in [6.45, 7) is 4.34. The van der Waals surface area contributed by atoms with Crippen molar-refractivity contribution >= 4 is 38.3 Å². The fraction of sp³-hybridized carbons (Fsp3) is 0.600. The summed E-state index contributed by atoms with van der Waals surface area (Å²) in [4.78, 5) is 18.0. The molecule has 0 unspecified atom stereocenters. The molecule has 17 heavy (non-hydrogen) atoms. The second-order valence-corrected chi connectivity index (χ2v) is 6.31. The first-order valence-corrected chi connectivity index (χ1v) is 7.19. The van der Waals surface area contributed by atoms with Crippen molar-refractivity contribution in [3.8, 4) is 0 Å². The molecule has 0 bridgehead atoms. The maximum Gasteiger partial charge on any atom is 0.240 e. The molecule has 0 aromatic carbocycles. The van der Waals surface area contributed by atoms with Crippen LogP contribution in [-0.2, 0) is 4.79 Å². The zero-order chi connectivity index (χ0) is 12.1. The Labute approximate surface area is 113 Å². The fourth-order valence-electron chi connectivity index (χ4n) is 1.73. The SMILES string of the molecule is O=C(CN1CCCNCC1)Nc1ncc(Br)s1. The Morgan fingerprint density at radius 3 is 3.24 bits per heavy atom. The Balaban J connectivity index is 1.80. The van der Waals surface area contributed by atoms with Gasteiger partial charge in [-0.1, -0.05) is 11.3 Å². The topological polar surface area (TPSA) is 57.3 Å². The van der Waals surface area contributed by atoms with Crippen LogP contribution < -0.4 is 10.6 Å². The zero-order valence-corrected chi connectivity index (χ0v) is 11.8. The summed E-state index contributed by atoms with van der Waals surface area (Å²) < 4.78 is 0.923. The predicted octanol–water partition coefficient (Wildman–Crippen LogP) is 1.14. The van der Waals surface area contributed by atoms with Crippen LogP contribution in [0.4, 0.5) is 5.13 Å². The number of nitrogens with one attached hydrogen (secondary N) is 2. The van der Waals surface area contributed by atoms with Crippen LogP contribution >= 0.6 is 27.3 Å². The van der Waals surface area contributed by atoms with Crippen molar-refractivity contribution in [1.82, 2.24) is 15.2 Å². The number of anilines is 1. The molecule has 0 spiro atoms. The Bertz CT molecular complexity index is 376. The van der Waals surface area contributed by atoms with Gasteiger partial charge in [-0.25, -0.2) is 4.98 Å². The lowest BCUT2D eigenvalue weighted by Crippen LogP contribution is -2.35. The Kier molecular flexibility index (Phi) is 4.90. The molecule has 5 nitrogen and oxygen atoms in total. The molecule has 94 valence electrons. The molecule has 1 aromatic rings. The normalized spacial score (nSPS) is 17.7. The first-order chi connectivity index (χ1) is 8.24. The number of aromatic nitrogens is 1. The summed E-state index contributed by atoms with van der Waals surface area (Å²) in [7, 11) is 0. The van der Waals surface area contributed by atoms with E-state index in [0.29, 0.717) is 11.7 Å². The molecule has 1 aromatic heterocycles. The molecule has 1 fully saturated rings. The first-order valence-electron chi connectivity index (χ1n) is 5.58. The number of carbonyl (C=O) groups excluding carboxylic acids is 1. The zero-order valence-electron chi connectivity index (χ0n) is 9.41. The number of nitrogens with zero attached hydrogens (tertiary/aromatic N) is 2. The summed E-state index contributed by atoms with van der Waals surface area (Å²) in [5.41, 5.74) is 0. The number of halogens is 1. The molecule has 1 amide bonds.